The van der Waals surface area contributed by atoms with E-state index in [9.17, 15) is 8.42 Å². The molecule has 1 aromatic rings. The number of sulfone groups is 1. The molecule has 0 N–H and O–H groups in total. The van der Waals surface area contributed by atoms with Crippen LogP contribution in [0.4, 0.5) is 0 Å². The summed E-state index contributed by atoms with van der Waals surface area (Å²) in [6.45, 7) is 3.78. The Morgan fingerprint density at radius 3 is 1.67 bits per heavy atom. The van der Waals surface area contributed by atoms with Gasteiger partial charge in [0.2, 0.25) is 0 Å². The molecule has 1 aromatic carbocycles. The fourth-order valence-corrected chi connectivity index (χ4v) is 1.95. The predicted molar refractivity (Wildman–Crippen MR) is 71.1 cm³/mol. The summed E-state index contributed by atoms with van der Waals surface area (Å²) in [5.41, 5.74) is 1.96. The molecule has 0 aliphatic carbocycles. The van der Waals surface area contributed by atoms with Crippen LogP contribution in [-0.2, 0) is 41.1 Å². The van der Waals surface area contributed by atoms with E-state index < -0.39 is 9.84 Å². The molecule has 15 heavy (non-hydrogen) atoms. The highest BCUT2D eigenvalue weighted by molar-refractivity contribution is 8.37. The second kappa shape index (κ2) is 6.42. The number of benzene rings is 1. The van der Waals surface area contributed by atoms with Crippen LogP contribution in [0, 0.1) is 13.8 Å². The largest absolute Gasteiger partial charge is 0.224 e. The maximum absolute atomic E-state index is 11.1. The zero-order valence-electron chi connectivity index (χ0n) is 8.68. The molecule has 0 radical (unpaired) electrons. The fourth-order valence-electron chi connectivity index (χ4n) is 1.15. The Morgan fingerprint density at radius 2 is 1.40 bits per heavy atom. The van der Waals surface area contributed by atoms with Crippen LogP contribution >= 0.6 is 0 Å². The van der Waals surface area contributed by atoms with E-state index in [0.717, 1.165) is 20.0 Å². The molecule has 0 fully saturated rings. The van der Waals surface area contributed by atoms with E-state index in [1.165, 1.54) is 6.26 Å². The SMILES string of the molecule is Cc1cc(C)cc(S(C)(=O)=O)c1.S=S=S. The highest BCUT2D eigenvalue weighted by atomic mass is 33.1. The quantitative estimate of drug-likeness (QED) is 0.784. The molecule has 84 valence electrons. The van der Waals surface area contributed by atoms with E-state index in [0.29, 0.717) is 4.90 Å². The van der Waals surface area contributed by atoms with Crippen molar-refractivity contribution in [1.82, 2.24) is 0 Å². The lowest BCUT2D eigenvalue weighted by molar-refractivity contribution is 0.601. The van der Waals surface area contributed by atoms with Crippen molar-refractivity contribution in [2.45, 2.75) is 18.7 Å². The number of rotatable bonds is 1. The second-order valence-corrected chi connectivity index (χ2v) is 6.95. The third-order valence-electron chi connectivity index (χ3n) is 1.62. The summed E-state index contributed by atoms with van der Waals surface area (Å²) >= 11 is 8.25. The Morgan fingerprint density at radius 1 is 1.07 bits per heavy atom. The van der Waals surface area contributed by atoms with Gasteiger partial charge in [-0.25, -0.2) is 8.42 Å². The minimum absolute atomic E-state index is 0.403. The van der Waals surface area contributed by atoms with E-state index in [1.807, 2.05) is 19.9 Å². The van der Waals surface area contributed by atoms with Crippen molar-refractivity contribution in [3.05, 3.63) is 29.3 Å². The second-order valence-electron chi connectivity index (χ2n) is 3.16. The minimum Gasteiger partial charge on any atom is -0.224 e. The average Bonchev–Trinajstić information content (AvgIpc) is 2.01. The molecule has 0 aliphatic heterocycles. The minimum atomic E-state index is -3.05. The first-order chi connectivity index (χ1) is 6.81. The maximum atomic E-state index is 11.1. The first-order valence-electron chi connectivity index (χ1n) is 4.01. The van der Waals surface area contributed by atoms with Crippen LogP contribution in [0.25, 0.3) is 0 Å². The molecular formula is C9H12O2S4. The molecular weight excluding hydrogens is 268 g/mol. The van der Waals surface area contributed by atoms with Gasteiger partial charge in [-0.05, 0) is 37.1 Å². The number of aryl methyl sites for hydroxylation is 2. The fraction of sp³-hybridized carbons (Fsp3) is 0.333. The molecule has 0 aliphatic rings. The smallest absolute Gasteiger partial charge is 0.175 e. The average molecular weight is 280 g/mol. The van der Waals surface area contributed by atoms with Gasteiger partial charge in [-0.1, -0.05) is 6.07 Å². The van der Waals surface area contributed by atoms with E-state index in [-0.39, 0.29) is 0 Å². The van der Waals surface area contributed by atoms with E-state index in [1.54, 1.807) is 12.1 Å². The lowest BCUT2D eigenvalue weighted by Crippen LogP contribution is -1.97. The van der Waals surface area contributed by atoms with E-state index >= 15 is 0 Å². The van der Waals surface area contributed by atoms with Crippen molar-refractivity contribution in [3.63, 3.8) is 0 Å². The molecule has 0 aromatic heterocycles. The summed E-state index contributed by atoms with van der Waals surface area (Å²) < 4.78 is 22.3. The van der Waals surface area contributed by atoms with Crippen molar-refractivity contribution < 1.29 is 8.42 Å². The predicted octanol–water partition coefficient (Wildman–Crippen LogP) is 1.70. The summed E-state index contributed by atoms with van der Waals surface area (Å²) in [5, 5.41) is 0. The molecule has 0 unspecified atom stereocenters. The molecule has 1 rings (SSSR count). The Hall–Kier alpha value is -0.170. The molecule has 0 heterocycles. The molecule has 0 saturated heterocycles. The van der Waals surface area contributed by atoms with Crippen LogP contribution in [-0.4, -0.2) is 14.7 Å². The first-order valence-corrected chi connectivity index (χ1v) is 8.57. The van der Waals surface area contributed by atoms with Crippen LogP contribution < -0.4 is 0 Å². The third-order valence-corrected chi connectivity index (χ3v) is 2.72. The molecule has 0 spiro atoms. The Labute approximate surface area is 103 Å². The summed E-state index contributed by atoms with van der Waals surface area (Å²) in [5.74, 6) is 0. The van der Waals surface area contributed by atoms with Crippen molar-refractivity contribution >= 4 is 41.1 Å². The summed E-state index contributed by atoms with van der Waals surface area (Å²) in [4.78, 5) is 0.403. The van der Waals surface area contributed by atoms with Crippen LogP contribution in [0.15, 0.2) is 23.1 Å². The summed E-state index contributed by atoms with van der Waals surface area (Å²) in [6.07, 6.45) is 1.22. The Bertz CT molecular complexity index is 451. The van der Waals surface area contributed by atoms with Crippen molar-refractivity contribution in [3.8, 4) is 0 Å². The van der Waals surface area contributed by atoms with E-state index in [2.05, 4.69) is 22.4 Å². The van der Waals surface area contributed by atoms with Gasteiger partial charge >= 0.3 is 0 Å². The summed E-state index contributed by atoms with van der Waals surface area (Å²) in [6, 6.07) is 5.32. The van der Waals surface area contributed by atoms with Crippen LogP contribution in [0.5, 0.6) is 0 Å². The molecule has 0 amide bonds. The van der Waals surface area contributed by atoms with Gasteiger partial charge in [0, 0.05) is 37.5 Å². The lowest BCUT2D eigenvalue weighted by atomic mass is 10.2. The number of hydrogen-bond donors (Lipinski definition) is 0. The van der Waals surface area contributed by atoms with Gasteiger partial charge in [0.15, 0.2) is 9.84 Å². The molecule has 0 atom stereocenters. The third kappa shape index (κ3) is 6.09. The number of hydrogen-bond acceptors (Lipinski definition) is 4. The van der Waals surface area contributed by atoms with Gasteiger partial charge in [-0.2, -0.15) is 0 Å². The topological polar surface area (TPSA) is 34.1 Å². The van der Waals surface area contributed by atoms with Gasteiger partial charge in [-0.15, -0.1) is 0 Å². The van der Waals surface area contributed by atoms with Gasteiger partial charge in [0.25, 0.3) is 0 Å². The molecule has 2 nitrogen and oxygen atoms in total. The van der Waals surface area contributed by atoms with Gasteiger partial charge in [0.05, 0.1) is 4.90 Å². The van der Waals surface area contributed by atoms with Gasteiger partial charge in [-0.3, -0.25) is 0 Å². The van der Waals surface area contributed by atoms with Crippen LogP contribution in [0.2, 0.25) is 0 Å². The van der Waals surface area contributed by atoms with Crippen molar-refractivity contribution in [1.29, 1.82) is 0 Å². The monoisotopic (exact) mass is 280 g/mol. The zero-order valence-corrected chi connectivity index (χ0v) is 11.9. The van der Waals surface area contributed by atoms with Gasteiger partial charge < -0.3 is 0 Å². The summed E-state index contributed by atoms with van der Waals surface area (Å²) in [7, 11) is -2.13. The van der Waals surface area contributed by atoms with Crippen LogP contribution in [0.1, 0.15) is 11.1 Å². The highest BCUT2D eigenvalue weighted by Crippen LogP contribution is 2.13. The molecule has 0 saturated carbocycles. The molecule has 0 bridgehead atoms. The first kappa shape index (κ1) is 14.8. The standard InChI is InChI=1S/C9H12O2S.S3/c1-7-4-8(2)6-9(5-7)12(3,10)11;1-3-2/h4-6H,1-3H3;. The van der Waals surface area contributed by atoms with Gasteiger partial charge in [0.1, 0.15) is 0 Å². The van der Waals surface area contributed by atoms with E-state index in [4.69, 9.17) is 0 Å². The van der Waals surface area contributed by atoms with Crippen LogP contribution in [0.3, 0.4) is 0 Å². The highest BCUT2D eigenvalue weighted by Gasteiger charge is 2.06. The normalized spacial score (nSPS) is 10.1. The Kier molecular flexibility index (Phi) is 6.35. The van der Waals surface area contributed by atoms with Crippen molar-refractivity contribution in [2.75, 3.05) is 6.26 Å². The lowest BCUT2D eigenvalue weighted by Gasteiger charge is -2.01. The maximum Gasteiger partial charge on any atom is 0.175 e. The molecule has 6 heteroatoms. The van der Waals surface area contributed by atoms with Crippen molar-refractivity contribution in [2.24, 2.45) is 0 Å². The Balaban J connectivity index is 0.000000583. The zero-order chi connectivity index (χ0) is 12.1.